The number of carbonyl (C=O) groups excluding carboxylic acids is 1. The molecule has 20 heavy (non-hydrogen) atoms. The SMILES string of the molecule is CC(C)(C)OC(=O)NCCCCNC1CCCCCC1. The Morgan fingerprint density at radius 2 is 1.65 bits per heavy atom. The van der Waals surface area contributed by atoms with Crippen molar-refractivity contribution in [2.75, 3.05) is 13.1 Å². The van der Waals surface area contributed by atoms with Gasteiger partial charge in [0.15, 0.2) is 0 Å². The highest BCUT2D eigenvalue weighted by atomic mass is 16.6. The van der Waals surface area contributed by atoms with Gasteiger partial charge in [-0.1, -0.05) is 25.7 Å². The largest absolute Gasteiger partial charge is 0.444 e. The van der Waals surface area contributed by atoms with Gasteiger partial charge in [-0.15, -0.1) is 0 Å². The molecule has 0 aromatic carbocycles. The van der Waals surface area contributed by atoms with E-state index in [1.807, 2.05) is 20.8 Å². The van der Waals surface area contributed by atoms with Crippen molar-refractivity contribution in [1.82, 2.24) is 10.6 Å². The van der Waals surface area contributed by atoms with E-state index in [4.69, 9.17) is 4.74 Å². The van der Waals surface area contributed by atoms with Crippen LogP contribution in [-0.2, 0) is 4.74 Å². The summed E-state index contributed by atoms with van der Waals surface area (Å²) in [6.07, 6.45) is 10.00. The van der Waals surface area contributed by atoms with Gasteiger partial charge in [-0.2, -0.15) is 0 Å². The molecule has 0 heterocycles. The summed E-state index contributed by atoms with van der Waals surface area (Å²) in [4.78, 5) is 11.4. The average Bonchev–Trinajstić information content (AvgIpc) is 2.60. The van der Waals surface area contributed by atoms with Gasteiger partial charge < -0.3 is 15.4 Å². The molecule has 0 spiro atoms. The molecule has 1 aliphatic rings. The molecule has 0 aromatic heterocycles. The summed E-state index contributed by atoms with van der Waals surface area (Å²) in [5, 5.41) is 6.44. The minimum atomic E-state index is -0.412. The number of hydrogen-bond acceptors (Lipinski definition) is 3. The van der Waals surface area contributed by atoms with E-state index in [1.54, 1.807) is 0 Å². The molecule has 1 fully saturated rings. The number of nitrogens with one attached hydrogen (secondary N) is 2. The van der Waals surface area contributed by atoms with Crippen molar-refractivity contribution in [2.45, 2.75) is 83.8 Å². The zero-order chi connectivity index (χ0) is 14.8. The second-order valence-electron chi connectivity index (χ2n) is 6.78. The third-order valence-corrected chi connectivity index (χ3v) is 3.56. The Morgan fingerprint density at radius 1 is 1.05 bits per heavy atom. The number of hydrogen-bond donors (Lipinski definition) is 2. The highest BCUT2D eigenvalue weighted by molar-refractivity contribution is 5.67. The molecule has 0 saturated heterocycles. The number of ether oxygens (including phenoxy) is 1. The van der Waals surface area contributed by atoms with Crippen molar-refractivity contribution in [2.24, 2.45) is 0 Å². The predicted molar refractivity (Wildman–Crippen MR) is 83.0 cm³/mol. The van der Waals surface area contributed by atoms with E-state index in [1.165, 1.54) is 38.5 Å². The van der Waals surface area contributed by atoms with Crippen LogP contribution in [0.4, 0.5) is 4.79 Å². The maximum Gasteiger partial charge on any atom is 0.407 e. The van der Waals surface area contributed by atoms with Crippen molar-refractivity contribution >= 4 is 6.09 Å². The maximum absolute atomic E-state index is 11.4. The monoisotopic (exact) mass is 284 g/mol. The Bertz CT molecular complexity index is 266. The summed E-state index contributed by atoms with van der Waals surface area (Å²) < 4.78 is 5.19. The van der Waals surface area contributed by atoms with E-state index >= 15 is 0 Å². The summed E-state index contributed by atoms with van der Waals surface area (Å²) in [6.45, 7) is 7.39. The third-order valence-electron chi connectivity index (χ3n) is 3.56. The highest BCUT2D eigenvalue weighted by Gasteiger charge is 2.15. The van der Waals surface area contributed by atoms with Crippen molar-refractivity contribution in [3.05, 3.63) is 0 Å². The molecule has 0 aliphatic heterocycles. The zero-order valence-corrected chi connectivity index (χ0v) is 13.5. The van der Waals surface area contributed by atoms with Crippen LogP contribution in [0.2, 0.25) is 0 Å². The molecule has 0 unspecified atom stereocenters. The lowest BCUT2D eigenvalue weighted by Crippen LogP contribution is -2.33. The first-order valence-electron chi connectivity index (χ1n) is 8.17. The quantitative estimate of drug-likeness (QED) is 0.579. The van der Waals surface area contributed by atoms with Gasteiger partial charge in [0, 0.05) is 12.6 Å². The van der Waals surface area contributed by atoms with Gasteiger partial charge in [0.2, 0.25) is 0 Å². The van der Waals surface area contributed by atoms with Crippen LogP contribution in [0.3, 0.4) is 0 Å². The number of carbonyl (C=O) groups is 1. The van der Waals surface area contributed by atoms with Crippen molar-refractivity contribution in [3.8, 4) is 0 Å². The molecule has 1 aliphatic carbocycles. The van der Waals surface area contributed by atoms with Crippen LogP contribution in [0.1, 0.15) is 72.1 Å². The zero-order valence-electron chi connectivity index (χ0n) is 13.5. The normalized spacial score (nSPS) is 17.6. The molecule has 0 aromatic rings. The first-order chi connectivity index (χ1) is 9.47. The minimum Gasteiger partial charge on any atom is -0.444 e. The second kappa shape index (κ2) is 9.22. The van der Waals surface area contributed by atoms with Gasteiger partial charge in [0.1, 0.15) is 5.60 Å². The lowest BCUT2D eigenvalue weighted by Gasteiger charge is -2.19. The molecule has 0 radical (unpaired) electrons. The summed E-state index contributed by atoms with van der Waals surface area (Å²) in [6, 6.07) is 0.719. The van der Waals surface area contributed by atoms with Gasteiger partial charge in [-0.3, -0.25) is 0 Å². The third kappa shape index (κ3) is 9.18. The van der Waals surface area contributed by atoms with E-state index in [9.17, 15) is 4.79 Å². The fraction of sp³-hybridized carbons (Fsp3) is 0.938. The molecular weight excluding hydrogens is 252 g/mol. The minimum absolute atomic E-state index is 0.311. The van der Waals surface area contributed by atoms with Crippen LogP contribution < -0.4 is 10.6 Å². The van der Waals surface area contributed by atoms with Gasteiger partial charge in [-0.05, 0) is 53.0 Å². The predicted octanol–water partition coefficient (Wildman–Crippen LogP) is 3.60. The fourth-order valence-electron chi connectivity index (χ4n) is 2.54. The number of alkyl carbamates (subject to hydrolysis) is 1. The Balaban J connectivity index is 1.95. The van der Waals surface area contributed by atoms with Crippen molar-refractivity contribution < 1.29 is 9.53 Å². The molecule has 0 bridgehead atoms. The van der Waals surface area contributed by atoms with E-state index in [0.717, 1.165) is 25.4 Å². The van der Waals surface area contributed by atoms with Gasteiger partial charge >= 0.3 is 6.09 Å². The number of unbranched alkanes of at least 4 members (excludes halogenated alkanes) is 1. The van der Waals surface area contributed by atoms with Crippen LogP contribution in [0, 0.1) is 0 Å². The Labute approximate surface area is 124 Å². The van der Waals surface area contributed by atoms with Crippen LogP contribution in [-0.4, -0.2) is 30.8 Å². The summed E-state index contributed by atoms with van der Waals surface area (Å²) in [5.74, 6) is 0. The fourth-order valence-corrected chi connectivity index (χ4v) is 2.54. The topological polar surface area (TPSA) is 50.4 Å². The van der Waals surface area contributed by atoms with Crippen LogP contribution >= 0.6 is 0 Å². The lowest BCUT2D eigenvalue weighted by molar-refractivity contribution is 0.0527. The summed E-state index contributed by atoms with van der Waals surface area (Å²) >= 11 is 0. The number of rotatable bonds is 6. The van der Waals surface area contributed by atoms with Crippen LogP contribution in [0.15, 0.2) is 0 Å². The lowest BCUT2D eigenvalue weighted by atomic mass is 10.1. The first-order valence-corrected chi connectivity index (χ1v) is 8.17. The average molecular weight is 284 g/mol. The molecule has 1 rings (SSSR count). The van der Waals surface area contributed by atoms with Gasteiger partial charge in [0.25, 0.3) is 0 Å². The highest BCUT2D eigenvalue weighted by Crippen LogP contribution is 2.17. The van der Waals surface area contributed by atoms with Gasteiger partial charge in [-0.25, -0.2) is 4.79 Å². The Hall–Kier alpha value is -0.770. The molecule has 0 atom stereocenters. The van der Waals surface area contributed by atoms with E-state index < -0.39 is 5.60 Å². The standard InChI is InChI=1S/C16H32N2O2/c1-16(2,3)20-15(19)18-13-9-8-12-17-14-10-6-4-5-7-11-14/h14,17H,4-13H2,1-3H3,(H,18,19). The maximum atomic E-state index is 11.4. The van der Waals surface area contributed by atoms with E-state index in [2.05, 4.69) is 10.6 Å². The summed E-state index contributed by atoms with van der Waals surface area (Å²) in [5.41, 5.74) is -0.412. The van der Waals surface area contributed by atoms with Gasteiger partial charge in [0.05, 0.1) is 0 Å². The van der Waals surface area contributed by atoms with Crippen molar-refractivity contribution in [3.63, 3.8) is 0 Å². The Morgan fingerprint density at radius 3 is 2.25 bits per heavy atom. The molecular formula is C16H32N2O2. The van der Waals surface area contributed by atoms with Crippen LogP contribution in [0.5, 0.6) is 0 Å². The smallest absolute Gasteiger partial charge is 0.407 e. The Kier molecular flexibility index (Phi) is 7.97. The van der Waals surface area contributed by atoms with E-state index in [0.29, 0.717) is 6.54 Å². The second-order valence-corrected chi connectivity index (χ2v) is 6.78. The summed E-state index contributed by atoms with van der Waals surface area (Å²) in [7, 11) is 0. The molecule has 4 heteroatoms. The van der Waals surface area contributed by atoms with Crippen molar-refractivity contribution in [1.29, 1.82) is 0 Å². The first kappa shape index (κ1) is 17.3. The van der Waals surface area contributed by atoms with Crippen LogP contribution in [0.25, 0.3) is 0 Å². The molecule has 2 N–H and O–H groups in total. The number of amides is 1. The molecule has 118 valence electrons. The molecule has 1 amide bonds. The van der Waals surface area contributed by atoms with E-state index in [-0.39, 0.29) is 6.09 Å². The molecule has 4 nitrogen and oxygen atoms in total. The molecule has 1 saturated carbocycles.